The first-order valence-electron chi connectivity index (χ1n) is 10.2. The first kappa shape index (κ1) is 26.7. The molecule has 1 aromatic carbocycles. The fourth-order valence-electron chi connectivity index (χ4n) is 2.86. The average Bonchev–Trinajstić information content (AvgIpc) is 2.65. The van der Waals surface area contributed by atoms with Crippen molar-refractivity contribution in [2.75, 3.05) is 0 Å². The number of unbranched alkanes of at least 4 members (excludes halogenated alkanes) is 10. The summed E-state index contributed by atoms with van der Waals surface area (Å²) in [5.74, 6) is -1.02. The summed E-state index contributed by atoms with van der Waals surface area (Å²) in [5, 5.41) is 0. The Morgan fingerprint density at radius 2 is 1.37 bits per heavy atom. The molecule has 0 N–H and O–H groups in total. The van der Waals surface area contributed by atoms with Crippen molar-refractivity contribution in [2.45, 2.75) is 84.0 Å². The maximum atomic E-state index is 11.6. The zero-order valence-corrected chi connectivity index (χ0v) is 20.4. The van der Waals surface area contributed by atoms with Crippen LogP contribution in [0.5, 0.6) is 0 Å². The van der Waals surface area contributed by atoms with Gasteiger partial charge in [0.1, 0.15) is 0 Å². The van der Waals surface area contributed by atoms with E-state index in [0.717, 1.165) is 24.8 Å². The van der Waals surface area contributed by atoms with E-state index in [1.54, 1.807) is 6.08 Å². The minimum atomic E-state index is -0.595. The molecule has 1 rings (SSSR count). The van der Waals surface area contributed by atoms with Gasteiger partial charge in [0.15, 0.2) is 0 Å². The van der Waals surface area contributed by atoms with Crippen molar-refractivity contribution in [3.63, 3.8) is 0 Å². The van der Waals surface area contributed by atoms with Crippen LogP contribution in [0.3, 0.4) is 0 Å². The normalized spacial score (nSPS) is 10.6. The average molecular weight is 399 g/mol. The Balaban J connectivity index is 0. The number of benzene rings is 1. The molecule has 0 unspecified atom stereocenters. The van der Waals surface area contributed by atoms with Gasteiger partial charge in [0, 0.05) is 12.5 Å². The zero-order valence-electron chi connectivity index (χ0n) is 18.3. The van der Waals surface area contributed by atoms with Crippen LogP contribution in [0.2, 0.25) is 0 Å². The van der Waals surface area contributed by atoms with Crippen molar-refractivity contribution in [2.24, 2.45) is 0 Å². The third-order valence-electron chi connectivity index (χ3n) is 4.41. The molecular weight excluding hydrogens is 363 g/mol. The molecule has 0 saturated carbocycles. The van der Waals surface area contributed by atoms with E-state index in [1.807, 2.05) is 30.3 Å². The van der Waals surface area contributed by atoms with Gasteiger partial charge < -0.3 is 6.16 Å². The van der Waals surface area contributed by atoms with Crippen molar-refractivity contribution in [1.29, 1.82) is 0 Å². The van der Waals surface area contributed by atoms with Gasteiger partial charge in [-0.3, -0.25) is 4.79 Å². The van der Waals surface area contributed by atoms with Crippen LogP contribution in [0, 0.1) is 0 Å². The summed E-state index contributed by atoms with van der Waals surface area (Å²) in [4.78, 5) is 23.2. The molecule has 4 heteroatoms. The van der Waals surface area contributed by atoms with Crippen molar-refractivity contribution < 1.29 is 67.1 Å². The Bertz CT molecular complexity index is 532. The van der Waals surface area contributed by atoms with E-state index in [9.17, 15) is 9.59 Å². The molecule has 0 radical (unpaired) electrons. The van der Waals surface area contributed by atoms with Crippen LogP contribution < -0.4 is 51.4 Å². The van der Waals surface area contributed by atoms with E-state index in [1.165, 1.54) is 57.4 Å². The Labute approximate surface area is 209 Å². The van der Waals surface area contributed by atoms with E-state index < -0.39 is 11.9 Å². The van der Waals surface area contributed by atoms with Crippen LogP contribution in [0.4, 0.5) is 0 Å². The molecule has 146 valence electrons. The number of carbonyl (C=O) groups is 2. The van der Waals surface area contributed by atoms with Gasteiger partial charge in [-0.15, -0.1) is 0 Å². The Morgan fingerprint density at radius 3 is 1.93 bits per heavy atom. The smallest absolute Gasteiger partial charge is 1.00 e. The molecule has 0 fully saturated rings. The van der Waals surface area contributed by atoms with Gasteiger partial charge in [0.2, 0.25) is 0 Å². The number of rotatable bonds is 14. The Hall–Kier alpha value is -0.264. The molecule has 0 aliphatic rings. The van der Waals surface area contributed by atoms with E-state index in [2.05, 4.69) is 6.92 Å². The molecule has 3 nitrogen and oxygen atoms in total. The molecule has 0 bridgehead atoms. The van der Waals surface area contributed by atoms with E-state index in [0.29, 0.717) is 6.42 Å². The molecule has 0 aliphatic carbocycles. The molecule has 0 aromatic heterocycles. The first-order valence-corrected chi connectivity index (χ1v) is 10.2. The molecule has 0 aliphatic heterocycles. The summed E-state index contributed by atoms with van der Waals surface area (Å²) in [6.45, 7) is 2.24. The second kappa shape index (κ2) is 19.1. The number of carbonyl (C=O) groups excluding carboxylic acids is 2. The second-order valence-corrected chi connectivity index (χ2v) is 6.82. The maximum absolute atomic E-state index is 11.6. The quantitative estimate of drug-likeness (QED) is 0.158. The topological polar surface area (TPSA) is 43.4 Å². The van der Waals surface area contributed by atoms with E-state index in [4.69, 9.17) is 4.74 Å². The molecule has 27 heavy (non-hydrogen) atoms. The fraction of sp³-hybridized carbons (Fsp3) is 0.565. The molecule has 0 spiro atoms. The van der Waals surface area contributed by atoms with Crippen LogP contribution >= 0.6 is 0 Å². The monoisotopic (exact) mass is 398 g/mol. The van der Waals surface area contributed by atoms with Crippen LogP contribution in [-0.2, 0) is 14.3 Å². The van der Waals surface area contributed by atoms with E-state index in [-0.39, 0.29) is 52.8 Å². The Kier molecular flexibility index (Phi) is 18.9. The van der Waals surface area contributed by atoms with Gasteiger partial charge in [-0.1, -0.05) is 101 Å². The molecule has 0 atom stereocenters. The number of ether oxygens (including phenoxy) is 1. The van der Waals surface area contributed by atoms with Crippen LogP contribution in [0.25, 0.3) is 6.08 Å². The predicted molar refractivity (Wildman–Crippen MR) is 109 cm³/mol. The fourth-order valence-corrected chi connectivity index (χ4v) is 2.86. The third-order valence-corrected chi connectivity index (χ3v) is 4.41. The molecular formula is C23H35KO3. The standard InChI is InChI=1S/C23H34O3.K.H/c1-2-3-4-5-6-7-8-9-10-11-15-18-22(24)26-23(25)20-19-21-16-13-12-14-17-21;;/h12-14,16-17,19-20H,2-11,15,18H2,1H3;;/q;+1;-1/b20-19+;;. The third kappa shape index (κ3) is 16.4. The summed E-state index contributed by atoms with van der Waals surface area (Å²) in [7, 11) is 0. The summed E-state index contributed by atoms with van der Waals surface area (Å²) in [6, 6.07) is 9.46. The summed E-state index contributed by atoms with van der Waals surface area (Å²) >= 11 is 0. The number of hydrogen-bond donors (Lipinski definition) is 0. The predicted octanol–water partition coefficient (Wildman–Crippen LogP) is 3.59. The molecule has 1 aromatic rings. The molecule has 0 amide bonds. The van der Waals surface area contributed by atoms with Crippen LogP contribution in [0.15, 0.2) is 36.4 Å². The van der Waals surface area contributed by atoms with Crippen molar-refractivity contribution in [3.8, 4) is 0 Å². The Morgan fingerprint density at radius 1 is 0.852 bits per heavy atom. The first-order chi connectivity index (χ1) is 12.7. The van der Waals surface area contributed by atoms with Crippen LogP contribution in [0.1, 0.15) is 91.0 Å². The minimum Gasteiger partial charge on any atom is -1.00 e. The maximum Gasteiger partial charge on any atom is 1.00 e. The summed E-state index contributed by atoms with van der Waals surface area (Å²) < 4.78 is 4.80. The number of hydrogen-bond acceptors (Lipinski definition) is 3. The molecule has 0 saturated heterocycles. The van der Waals surface area contributed by atoms with E-state index >= 15 is 0 Å². The summed E-state index contributed by atoms with van der Waals surface area (Å²) in [6.07, 6.45) is 16.9. The van der Waals surface area contributed by atoms with Crippen molar-refractivity contribution >= 4 is 18.0 Å². The van der Waals surface area contributed by atoms with Gasteiger partial charge in [0.05, 0.1) is 0 Å². The largest absolute Gasteiger partial charge is 1.00 e. The zero-order chi connectivity index (χ0) is 18.9. The van der Waals surface area contributed by atoms with Gasteiger partial charge in [-0.2, -0.15) is 0 Å². The summed E-state index contributed by atoms with van der Waals surface area (Å²) in [5.41, 5.74) is 0.905. The van der Waals surface area contributed by atoms with Crippen LogP contribution in [-0.4, -0.2) is 11.9 Å². The van der Waals surface area contributed by atoms with Gasteiger partial charge >= 0.3 is 63.3 Å². The van der Waals surface area contributed by atoms with Gasteiger partial charge in [-0.05, 0) is 18.1 Å². The van der Waals surface area contributed by atoms with Crippen molar-refractivity contribution in [3.05, 3.63) is 42.0 Å². The van der Waals surface area contributed by atoms with Gasteiger partial charge in [-0.25, -0.2) is 4.79 Å². The van der Waals surface area contributed by atoms with Crippen molar-refractivity contribution in [1.82, 2.24) is 0 Å². The minimum absolute atomic E-state index is 0. The number of esters is 2. The second-order valence-electron chi connectivity index (χ2n) is 6.82. The molecule has 0 heterocycles. The van der Waals surface area contributed by atoms with Gasteiger partial charge in [0.25, 0.3) is 0 Å². The SMILES string of the molecule is CCCCCCCCCCCCCC(=O)OC(=O)/C=C/c1ccccc1.[H-].[K+].